The van der Waals surface area contributed by atoms with Crippen molar-refractivity contribution in [2.24, 2.45) is 11.7 Å². The van der Waals surface area contributed by atoms with Crippen LogP contribution >= 0.6 is 11.6 Å². The van der Waals surface area contributed by atoms with Crippen molar-refractivity contribution in [2.45, 2.75) is 155 Å². The Labute approximate surface area is 507 Å². The minimum absolute atomic E-state index is 0.0747. The van der Waals surface area contributed by atoms with Gasteiger partial charge in [-0.1, -0.05) is 50.3 Å². The SMILES string of the molecule is CC(C)(C)OC(=O)N1CCCC[C@@H]1CN.CC(C)(C)OC(=O)N1CCCC[C@@H]1CNC(=O)Oc1ccc([N+](=O)[O-])cc1.O=C(Cl)Oc1ccc([N+](=O)[O-])cc1.[C-]#[N+]C(=CC(C)C)C(=O)N1CCCC[C@@H]1CNC(=O)N[C@@H](Cc1ccccc1)B(O)O. The van der Waals surface area contributed by atoms with Crippen LogP contribution < -0.4 is 31.2 Å². The highest BCUT2D eigenvalue weighted by Crippen LogP contribution is 2.24. The number of benzene rings is 3. The van der Waals surface area contributed by atoms with E-state index in [1.165, 1.54) is 48.5 Å². The summed E-state index contributed by atoms with van der Waals surface area (Å²) in [6.45, 7) is 25.1. The number of likely N-dealkylation sites (tertiary alicyclic amines) is 3. The van der Waals surface area contributed by atoms with Gasteiger partial charge in [0.1, 0.15) is 22.7 Å². The van der Waals surface area contributed by atoms with Gasteiger partial charge in [0, 0.05) is 87.2 Å². The van der Waals surface area contributed by atoms with Gasteiger partial charge in [-0.05, 0) is 141 Å². The number of rotatable bonds is 15. The van der Waals surface area contributed by atoms with Crippen LogP contribution in [0.25, 0.3) is 4.85 Å². The van der Waals surface area contributed by atoms with Crippen molar-refractivity contribution in [3.8, 4) is 11.5 Å². The molecule has 3 aliphatic rings. The first kappa shape index (κ1) is 72.2. The van der Waals surface area contributed by atoms with Gasteiger partial charge in [0.05, 0.1) is 28.4 Å². The Morgan fingerprint density at radius 3 is 1.58 bits per heavy atom. The fourth-order valence-electron chi connectivity index (χ4n) is 8.92. The quantitative estimate of drug-likeness (QED) is 0.0206. The molecule has 28 heteroatoms. The highest BCUT2D eigenvalue weighted by Gasteiger charge is 2.33. The second-order valence-electron chi connectivity index (χ2n) is 22.6. The number of nitrogens with two attached hydrogens (primary N) is 1. The van der Waals surface area contributed by atoms with Crippen LogP contribution in [0.5, 0.6) is 11.5 Å². The minimum atomic E-state index is -1.71. The van der Waals surface area contributed by atoms with Gasteiger partial charge in [-0.25, -0.2) is 28.8 Å². The number of hydrogen-bond donors (Lipinski definition) is 6. The average Bonchev–Trinajstić information content (AvgIpc) is 2.99. The predicted octanol–water partition coefficient (Wildman–Crippen LogP) is 9.29. The monoisotopic (exact) mass is 1220 g/mol. The molecular weight excluding hydrogens is 1140 g/mol. The van der Waals surface area contributed by atoms with Gasteiger partial charge in [0.25, 0.3) is 17.3 Å². The van der Waals surface area contributed by atoms with Crippen molar-refractivity contribution in [3.63, 3.8) is 0 Å². The maximum atomic E-state index is 12.8. The first-order chi connectivity index (χ1) is 40.5. The summed E-state index contributed by atoms with van der Waals surface area (Å²) in [6, 6.07) is 18.7. The van der Waals surface area contributed by atoms with Gasteiger partial charge in [0.2, 0.25) is 5.70 Å². The van der Waals surface area contributed by atoms with Crippen molar-refractivity contribution in [1.29, 1.82) is 0 Å². The van der Waals surface area contributed by atoms with Gasteiger partial charge >= 0.3 is 36.9 Å². The molecule has 0 aromatic heterocycles. The Bertz CT molecular complexity index is 2760. The number of halogens is 1. The molecule has 0 aliphatic carbocycles. The van der Waals surface area contributed by atoms with E-state index in [4.69, 9.17) is 38.1 Å². The number of nitrogens with zero attached hydrogens (tertiary/aromatic N) is 6. The van der Waals surface area contributed by atoms with Crippen molar-refractivity contribution in [3.05, 3.63) is 128 Å². The van der Waals surface area contributed by atoms with Crippen LogP contribution in [0.2, 0.25) is 0 Å². The van der Waals surface area contributed by atoms with Crippen molar-refractivity contribution in [2.75, 3.05) is 39.3 Å². The highest BCUT2D eigenvalue weighted by atomic mass is 35.5. The number of non-ortho nitro benzene ring substituents is 2. The topological polar surface area (TPSA) is 342 Å². The van der Waals surface area contributed by atoms with E-state index in [9.17, 15) is 59.0 Å². The molecule has 3 saturated heterocycles. The molecule has 0 radical (unpaired) electrons. The smallest absolute Gasteiger partial charge is 0.444 e. The summed E-state index contributed by atoms with van der Waals surface area (Å²) in [6.07, 6.45) is 8.98. The number of urea groups is 1. The Balaban J connectivity index is 0.000000318. The molecule has 4 atom stereocenters. The van der Waals surface area contributed by atoms with Crippen molar-refractivity contribution < 1.29 is 67.6 Å². The van der Waals surface area contributed by atoms with E-state index in [2.05, 4.69) is 25.5 Å². The Kier molecular flexibility index (Phi) is 30.3. The standard InChI is InChI=1S/C22H31BN4O4.C18H25N3O6.C11H22N2O2.C7H4ClNO4/c1-16(2)13-19(24-3)21(28)27-12-8-7-11-18(27)15-25-22(29)26-20(23(30)31)14-17-9-5-4-6-10-17;1-18(2,3)27-17(23)20-11-5-4-6-14(20)12-19-16(22)26-15-9-7-13(8-10-15)21(24)25;1-11(2,3)15-10(14)13-7-5-4-6-9(13)8-12;8-7(10)13-6-3-1-5(2-4-6)9(11)12/h4-6,9-10,13,16,18,20,30-31H,7-8,11-12,14-15H2,1-2H3,(H2,25,26,29);7-10,14H,4-6,11-12H2,1-3H3,(H,19,22);9H,4-8,12H2,1-3H3;1-4H/t18-,20+;14-;9-;/m111./s1. The Hall–Kier alpha value is -8.06. The summed E-state index contributed by atoms with van der Waals surface area (Å²) in [5, 5.41) is 48.1. The molecule has 3 fully saturated rings. The highest BCUT2D eigenvalue weighted by molar-refractivity contribution is 6.61. The van der Waals surface area contributed by atoms with E-state index in [0.717, 1.165) is 69.9 Å². The number of amides is 6. The number of nitro benzene ring substituents is 2. The number of nitrogens with one attached hydrogen (secondary N) is 3. The molecule has 6 amide bonds. The van der Waals surface area contributed by atoms with Gasteiger partial charge in [-0.3, -0.25) is 25.0 Å². The van der Waals surface area contributed by atoms with Crippen LogP contribution in [0.15, 0.2) is 90.6 Å². The molecule has 3 aliphatic heterocycles. The normalized spacial score (nSPS) is 17.1. The Morgan fingerprint density at radius 1 is 0.709 bits per heavy atom. The van der Waals surface area contributed by atoms with Crippen LogP contribution in [-0.2, 0) is 20.7 Å². The third-order valence-corrected chi connectivity index (χ3v) is 13.0. The molecule has 470 valence electrons. The molecule has 6 rings (SSSR count). The van der Waals surface area contributed by atoms with Gasteiger partial charge < -0.3 is 65.4 Å². The zero-order valence-electron chi connectivity index (χ0n) is 50.1. The van der Waals surface area contributed by atoms with Crippen molar-refractivity contribution in [1.82, 2.24) is 30.7 Å². The molecule has 3 aromatic rings. The van der Waals surface area contributed by atoms with E-state index >= 15 is 0 Å². The Morgan fingerprint density at radius 2 is 1.15 bits per heavy atom. The van der Waals surface area contributed by atoms with E-state index in [1.54, 1.807) is 20.8 Å². The third-order valence-electron chi connectivity index (χ3n) is 13.0. The molecule has 26 nitrogen and oxygen atoms in total. The number of carbonyl (C=O) groups is 6. The molecule has 0 spiro atoms. The molecule has 0 saturated carbocycles. The van der Waals surface area contributed by atoms with E-state index in [1.807, 2.05) is 85.7 Å². The first-order valence-corrected chi connectivity index (χ1v) is 28.7. The van der Waals surface area contributed by atoms with E-state index < -0.39 is 57.8 Å². The van der Waals surface area contributed by atoms with Gasteiger partial charge in [-0.2, -0.15) is 0 Å². The first-order valence-electron chi connectivity index (χ1n) is 28.4. The number of allylic oxidation sites excluding steroid dienone is 1. The summed E-state index contributed by atoms with van der Waals surface area (Å²) in [7, 11) is -1.71. The molecule has 3 heterocycles. The maximum Gasteiger partial charge on any atom is 0.475 e. The molecular formula is C58H82BClN10O16. The van der Waals surface area contributed by atoms with Crippen LogP contribution in [0.3, 0.4) is 0 Å². The molecule has 0 unspecified atom stereocenters. The lowest BCUT2D eigenvalue weighted by atomic mass is 9.76. The molecule has 3 aromatic carbocycles. The number of ether oxygens (including phenoxy) is 4. The second kappa shape index (κ2) is 36.1. The lowest BCUT2D eigenvalue weighted by molar-refractivity contribution is -0.385. The second-order valence-corrected chi connectivity index (χ2v) is 22.9. The van der Waals surface area contributed by atoms with E-state index in [-0.39, 0.29) is 84.1 Å². The summed E-state index contributed by atoms with van der Waals surface area (Å²) in [5.74, 6) is -0.708. The number of carbonyl (C=O) groups excluding carboxylic acids is 6. The minimum Gasteiger partial charge on any atom is -0.444 e. The molecule has 7 N–H and O–H groups in total. The summed E-state index contributed by atoms with van der Waals surface area (Å²) >= 11 is 4.92. The number of piperidine rings is 3. The maximum absolute atomic E-state index is 12.8. The van der Waals surface area contributed by atoms with Gasteiger partial charge in [-0.15, -0.1) is 0 Å². The van der Waals surface area contributed by atoms with Crippen LogP contribution in [0.4, 0.5) is 35.3 Å². The summed E-state index contributed by atoms with van der Waals surface area (Å²) in [4.78, 5) is 99.9. The van der Waals surface area contributed by atoms with Crippen LogP contribution in [0.1, 0.15) is 119 Å². The zero-order valence-corrected chi connectivity index (χ0v) is 50.9. The number of nitro groups is 2. The van der Waals surface area contributed by atoms with E-state index in [0.29, 0.717) is 19.6 Å². The third kappa shape index (κ3) is 27.3. The largest absolute Gasteiger partial charge is 0.475 e. The number of hydrogen-bond acceptors (Lipinski definition) is 17. The fraction of sp³-hybridized carbons (Fsp3) is 0.534. The summed E-state index contributed by atoms with van der Waals surface area (Å²) in [5.41, 5.74) is 4.48. The summed E-state index contributed by atoms with van der Waals surface area (Å²) < 4.78 is 20.3. The predicted molar refractivity (Wildman–Crippen MR) is 322 cm³/mol. The fourth-order valence-corrected chi connectivity index (χ4v) is 9.01. The average molecular weight is 1220 g/mol. The van der Waals surface area contributed by atoms with Gasteiger partial charge in [0.15, 0.2) is 0 Å². The lowest BCUT2D eigenvalue weighted by Gasteiger charge is -2.36. The van der Waals surface area contributed by atoms with Crippen LogP contribution in [-0.4, -0.2) is 152 Å². The lowest BCUT2D eigenvalue weighted by Crippen LogP contribution is -2.54. The van der Waals surface area contributed by atoms with Crippen LogP contribution in [0, 0.1) is 32.7 Å². The zero-order chi connectivity index (χ0) is 64.1. The molecule has 0 bridgehead atoms. The van der Waals surface area contributed by atoms with Crippen molar-refractivity contribution >= 4 is 65.7 Å². The molecule has 86 heavy (non-hydrogen) atoms.